The van der Waals surface area contributed by atoms with Crippen LogP contribution in [0, 0.1) is 17.6 Å². The molecule has 31 heavy (non-hydrogen) atoms. The average molecular weight is 459 g/mol. The monoisotopic (exact) mass is 458 g/mol. The Morgan fingerprint density at radius 3 is 2.58 bits per heavy atom. The Morgan fingerprint density at radius 1 is 1.26 bits per heavy atom. The Labute approximate surface area is 175 Å². The molecule has 0 aliphatic heterocycles. The SMILES string of the molecule is O=C(N[C@H](C1CC1)C(F)(F)F)c1cn(-c2ncc(F)cc2F)c2nc(Cl)ccc2c1=O. The molecule has 0 saturated heterocycles. The first-order valence-electron chi connectivity index (χ1n) is 8.97. The maximum absolute atomic E-state index is 14.4. The van der Waals surface area contributed by atoms with Crippen LogP contribution in [0.25, 0.3) is 16.9 Å². The van der Waals surface area contributed by atoms with Crippen LogP contribution in [0.1, 0.15) is 23.2 Å². The Kier molecular flexibility index (Phi) is 5.16. The van der Waals surface area contributed by atoms with Gasteiger partial charge in [0.2, 0.25) is 5.43 Å². The lowest BCUT2D eigenvalue weighted by Gasteiger charge is -2.21. The number of alkyl halides is 3. The van der Waals surface area contributed by atoms with Gasteiger partial charge in [0.25, 0.3) is 5.91 Å². The number of nitrogens with zero attached hydrogens (tertiary/aromatic N) is 3. The number of rotatable bonds is 4. The van der Waals surface area contributed by atoms with Crippen molar-refractivity contribution in [3.63, 3.8) is 0 Å². The fraction of sp³-hybridized carbons (Fsp3) is 0.263. The largest absolute Gasteiger partial charge is 0.408 e. The molecule has 6 nitrogen and oxygen atoms in total. The van der Waals surface area contributed by atoms with Gasteiger partial charge >= 0.3 is 6.18 Å². The summed E-state index contributed by atoms with van der Waals surface area (Å²) in [7, 11) is 0. The molecule has 1 saturated carbocycles. The Bertz CT molecular complexity index is 1260. The minimum atomic E-state index is -4.70. The highest BCUT2D eigenvalue weighted by Crippen LogP contribution is 2.40. The van der Waals surface area contributed by atoms with Gasteiger partial charge in [-0.2, -0.15) is 13.2 Å². The maximum atomic E-state index is 14.4. The van der Waals surface area contributed by atoms with Gasteiger partial charge in [0, 0.05) is 12.3 Å². The van der Waals surface area contributed by atoms with E-state index in [2.05, 4.69) is 9.97 Å². The number of carbonyl (C=O) groups is 1. The molecule has 1 amide bonds. The van der Waals surface area contributed by atoms with E-state index in [1.165, 1.54) is 12.1 Å². The van der Waals surface area contributed by atoms with Gasteiger partial charge in [-0.15, -0.1) is 0 Å². The molecular weight excluding hydrogens is 447 g/mol. The summed E-state index contributed by atoms with van der Waals surface area (Å²) in [6.07, 6.45) is -2.61. The van der Waals surface area contributed by atoms with E-state index in [1.54, 1.807) is 0 Å². The molecule has 3 heterocycles. The average Bonchev–Trinajstić information content (AvgIpc) is 3.51. The molecular formula is C19H12ClF5N4O2. The topological polar surface area (TPSA) is 76.9 Å². The highest BCUT2D eigenvalue weighted by molar-refractivity contribution is 6.29. The first-order valence-corrected chi connectivity index (χ1v) is 9.35. The minimum absolute atomic E-state index is 0.0776. The quantitative estimate of drug-likeness (QED) is 0.477. The molecule has 4 rings (SSSR count). The number of nitrogens with one attached hydrogen (secondary N) is 1. The second-order valence-corrected chi connectivity index (χ2v) is 7.42. The van der Waals surface area contributed by atoms with Crippen LogP contribution in [-0.4, -0.2) is 32.7 Å². The van der Waals surface area contributed by atoms with Crippen molar-refractivity contribution >= 4 is 28.5 Å². The summed E-state index contributed by atoms with van der Waals surface area (Å²) < 4.78 is 68.4. The first kappa shape index (κ1) is 21.2. The number of fused-ring (bicyclic) bond motifs is 1. The van der Waals surface area contributed by atoms with Crippen molar-refractivity contribution in [3.8, 4) is 5.82 Å². The van der Waals surface area contributed by atoms with Crippen LogP contribution in [0.4, 0.5) is 22.0 Å². The molecule has 1 aliphatic carbocycles. The van der Waals surface area contributed by atoms with Gasteiger partial charge < -0.3 is 5.32 Å². The van der Waals surface area contributed by atoms with Crippen LogP contribution < -0.4 is 10.7 Å². The van der Waals surface area contributed by atoms with Crippen molar-refractivity contribution in [2.45, 2.75) is 25.1 Å². The van der Waals surface area contributed by atoms with E-state index in [0.717, 1.165) is 10.8 Å². The standard InChI is InChI=1S/C19H12ClF5N4O2/c20-13-4-3-10-14(30)11(18(31)28-15(8-1-2-8)19(23,24)25)7-29(16(10)27-13)17-12(22)5-9(21)6-26-17/h3-8,15H,1-2H2,(H,28,31)/t15-/m1/s1. The molecule has 0 unspecified atom stereocenters. The molecule has 1 atom stereocenters. The molecule has 3 aromatic rings. The number of hydrogen-bond acceptors (Lipinski definition) is 4. The maximum Gasteiger partial charge on any atom is 0.408 e. The lowest BCUT2D eigenvalue weighted by Crippen LogP contribution is -2.48. The number of halogens is 6. The van der Waals surface area contributed by atoms with Gasteiger partial charge in [0.15, 0.2) is 17.3 Å². The Hall–Kier alpha value is -3.08. The van der Waals surface area contributed by atoms with E-state index in [0.29, 0.717) is 25.1 Å². The fourth-order valence-corrected chi connectivity index (χ4v) is 3.35. The zero-order valence-corrected chi connectivity index (χ0v) is 16.1. The molecule has 1 aliphatic rings. The highest BCUT2D eigenvalue weighted by Gasteiger charge is 2.49. The number of hydrogen-bond donors (Lipinski definition) is 1. The van der Waals surface area contributed by atoms with E-state index in [-0.39, 0.29) is 16.2 Å². The van der Waals surface area contributed by atoms with Gasteiger partial charge in [0.1, 0.15) is 22.6 Å². The molecule has 0 spiro atoms. The van der Waals surface area contributed by atoms with Crippen LogP contribution in [0.3, 0.4) is 0 Å². The van der Waals surface area contributed by atoms with Crippen LogP contribution in [0.2, 0.25) is 5.15 Å². The summed E-state index contributed by atoms with van der Waals surface area (Å²) in [5.41, 5.74) is -1.81. The van der Waals surface area contributed by atoms with Crippen molar-refractivity contribution in [2.75, 3.05) is 0 Å². The zero-order chi connectivity index (χ0) is 22.5. The van der Waals surface area contributed by atoms with Gasteiger partial charge in [-0.05, 0) is 30.9 Å². The van der Waals surface area contributed by atoms with E-state index < -0.39 is 52.5 Å². The highest BCUT2D eigenvalue weighted by atomic mass is 35.5. The number of pyridine rings is 3. The minimum Gasteiger partial charge on any atom is -0.340 e. The van der Waals surface area contributed by atoms with Gasteiger partial charge in [0.05, 0.1) is 11.6 Å². The molecule has 162 valence electrons. The van der Waals surface area contributed by atoms with Gasteiger partial charge in [-0.25, -0.2) is 18.7 Å². The smallest absolute Gasteiger partial charge is 0.340 e. The van der Waals surface area contributed by atoms with E-state index in [1.807, 2.05) is 5.32 Å². The molecule has 3 aromatic heterocycles. The summed E-state index contributed by atoms with van der Waals surface area (Å²) in [4.78, 5) is 33.0. The predicted octanol–water partition coefficient (Wildman–Crippen LogP) is 3.78. The van der Waals surface area contributed by atoms with Crippen LogP contribution in [0.15, 0.2) is 35.4 Å². The van der Waals surface area contributed by atoms with Crippen molar-refractivity contribution in [3.05, 3.63) is 63.2 Å². The van der Waals surface area contributed by atoms with Crippen LogP contribution >= 0.6 is 11.6 Å². The molecule has 0 aromatic carbocycles. The van der Waals surface area contributed by atoms with E-state index in [4.69, 9.17) is 11.6 Å². The van der Waals surface area contributed by atoms with Crippen molar-refractivity contribution in [1.82, 2.24) is 19.9 Å². The van der Waals surface area contributed by atoms with Crippen LogP contribution in [-0.2, 0) is 0 Å². The Morgan fingerprint density at radius 2 is 1.97 bits per heavy atom. The number of aromatic nitrogens is 3. The summed E-state index contributed by atoms with van der Waals surface area (Å²) in [5.74, 6) is -4.71. The third-order valence-electron chi connectivity index (χ3n) is 4.81. The van der Waals surface area contributed by atoms with Crippen molar-refractivity contribution in [2.24, 2.45) is 5.92 Å². The zero-order valence-electron chi connectivity index (χ0n) is 15.4. The number of amides is 1. The normalized spacial score (nSPS) is 15.2. The summed E-state index contributed by atoms with van der Waals surface area (Å²) in [6.45, 7) is 0. The lowest BCUT2D eigenvalue weighted by atomic mass is 10.1. The van der Waals surface area contributed by atoms with E-state index >= 15 is 0 Å². The van der Waals surface area contributed by atoms with Gasteiger partial charge in [-0.1, -0.05) is 11.6 Å². The second kappa shape index (κ2) is 7.56. The summed E-state index contributed by atoms with van der Waals surface area (Å²) in [5, 5.41) is 1.57. The summed E-state index contributed by atoms with van der Waals surface area (Å²) in [6, 6.07) is 0.828. The first-order chi connectivity index (χ1) is 14.6. The third-order valence-corrected chi connectivity index (χ3v) is 5.02. The summed E-state index contributed by atoms with van der Waals surface area (Å²) >= 11 is 5.85. The molecule has 12 heteroatoms. The molecule has 0 bridgehead atoms. The molecule has 1 fully saturated rings. The van der Waals surface area contributed by atoms with Gasteiger partial charge in [-0.3, -0.25) is 14.2 Å². The third kappa shape index (κ3) is 4.09. The number of carbonyl (C=O) groups excluding carboxylic acids is 1. The predicted molar refractivity (Wildman–Crippen MR) is 100 cm³/mol. The van der Waals surface area contributed by atoms with Crippen molar-refractivity contribution in [1.29, 1.82) is 0 Å². The van der Waals surface area contributed by atoms with E-state index in [9.17, 15) is 31.5 Å². The molecule has 0 radical (unpaired) electrons. The molecule has 1 N–H and O–H groups in total. The second-order valence-electron chi connectivity index (χ2n) is 7.04. The fourth-order valence-electron chi connectivity index (χ4n) is 3.20. The Balaban J connectivity index is 1.88. The van der Waals surface area contributed by atoms with Crippen LogP contribution in [0.5, 0.6) is 0 Å². The lowest BCUT2D eigenvalue weighted by molar-refractivity contribution is -0.158. The van der Waals surface area contributed by atoms with Crippen molar-refractivity contribution < 1.29 is 26.7 Å².